The molecule has 17 heavy (non-hydrogen) atoms. The van der Waals surface area contributed by atoms with E-state index in [1.54, 1.807) is 13.0 Å². The molecule has 0 unspecified atom stereocenters. The summed E-state index contributed by atoms with van der Waals surface area (Å²) in [7, 11) is -3.66. The molecule has 0 saturated heterocycles. The summed E-state index contributed by atoms with van der Waals surface area (Å²) in [6, 6.07) is 5.97. The van der Waals surface area contributed by atoms with Crippen molar-refractivity contribution in [3.05, 3.63) is 41.1 Å². The highest BCUT2D eigenvalue weighted by Crippen LogP contribution is 2.21. The summed E-state index contributed by atoms with van der Waals surface area (Å²) in [5.41, 5.74) is 0.563. The van der Waals surface area contributed by atoms with E-state index in [1.807, 2.05) is 0 Å². The lowest BCUT2D eigenvalue weighted by Crippen LogP contribution is -2.14. The molecule has 0 spiro atoms. The monoisotopic (exact) mass is 272 g/mol. The third kappa shape index (κ3) is 2.59. The Morgan fingerprint density at radius 1 is 1.35 bits per heavy atom. The average molecular weight is 273 g/mol. The highest BCUT2D eigenvalue weighted by Gasteiger charge is 2.17. The van der Waals surface area contributed by atoms with Crippen molar-refractivity contribution in [3.63, 3.8) is 0 Å². The van der Waals surface area contributed by atoms with Crippen LogP contribution in [0.5, 0.6) is 0 Å². The van der Waals surface area contributed by atoms with E-state index in [9.17, 15) is 8.42 Å². The first-order valence-corrected chi connectivity index (χ1v) is 6.54. The van der Waals surface area contributed by atoms with Crippen molar-refractivity contribution in [2.75, 3.05) is 4.72 Å². The first-order valence-electron chi connectivity index (χ1n) is 4.68. The van der Waals surface area contributed by atoms with E-state index in [-0.39, 0.29) is 10.7 Å². The van der Waals surface area contributed by atoms with Gasteiger partial charge in [-0.1, -0.05) is 16.8 Å². The molecule has 0 saturated carbocycles. The van der Waals surface area contributed by atoms with Gasteiger partial charge in [-0.3, -0.25) is 4.72 Å². The van der Waals surface area contributed by atoms with Gasteiger partial charge in [0.2, 0.25) is 0 Å². The highest BCUT2D eigenvalue weighted by atomic mass is 35.5. The molecule has 1 aromatic carbocycles. The van der Waals surface area contributed by atoms with E-state index in [2.05, 4.69) is 14.4 Å². The Labute approximate surface area is 103 Å². The average Bonchev–Trinajstić information content (AvgIpc) is 2.68. The Morgan fingerprint density at radius 3 is 2.71 bits per heavy atom. The summed E-state index contributed by atoms with van der Waals surface area (Å²) < 4.78 is 30.8. The van der Waals surface area contributed by atoms with Gasteiger partial charge in [0.05, 0.1) is 4.90 Å². The predicted octanol–water partition coefficient (Wildman–Crippen LogP) is 2.44. The molecule has 2 aromatic rings. The topological polar surface area (TPSA) is 72.2 Å². The largest absolute Gasteiger partial charge is 0.363 e. The van der Waals surface area contributed by atoms with Crippen LogP contribution in [0.4, 0.5) is 5.82 Å². The SMILES string of the molecule is Cc1cc(Cl)ccc1S(=O)(=O)Nc1ccon1. The highest BCUT2D eigenvalue weighted by molar-refractivity contribution is 7.92. The van der Waals surface area contributed by atoms with Gasteiger partial charge >= 0.3 is 0 Å². The minimum atomic E-state index is -3.66. The number of nitrogens with one attached hydrogen (secondary N) is 1. The van der Waals surface area contributed by atoms with Crippen LogP contribution in [0.15, 0.2) is 39.9 Å². The summed E-state index contributed by atoms with van der Waals surface area (Å²) in [6.45, 7) is 1.67. The number of benzene rings is 1. The second-order valence-electron chi connectivity index (χ2n) is 3.40. The van der Waals surface area contributed by atoms with Crippen LogP contribution in [-0.4, -0.2) is 13.6 Å². The summed E-state index contributed by atoms with van der Waals surface area (Å²) >= 11 is 5.77. The zero-order chi connectivity index (χ0) is 12.5. The van der Waals surface area contributed by atoms with Crippen molar-refractivity contribution < 1.29 is 12.9 Å². The number of halogens is 1. The number of anilines is 1. The fourth-order valence-electron chi connectivity index (χ4n) is 1.37. The molecule has 0 aliphatic heterocycles. The van der Waals surface area contributed by atoms with E-state index in [1.165, 1.54) is 24.5 Å². The standard InChI is InChI=1S/C10H9ClN2O3S/c1-7-6-8(11)2-3-9(7)17(14,15)13-10-4-5-16-12-10/h2-6H,1H3,(H,12,13). The van der Waals surface area contributed by atoms with Gasteiger partial charge in [-0.15, -0.1) is 0 Å². The van der Waals surface area contributed by atoms with Crippen LogP contribution in [0, 0.1) is 6.92 Å². The third-order valence-electron chi connectivity index (χ3n) is 2.10. The predicted molar refractivity (Wildman–Crippen MR) is 63.5 cm³/mol. The molecule has 1 N–H and O–H groups in total. The first-order chi connectivity index (χ1) is 7.99. The Hall–Kier alpha value is -1.53. The van der Waals surface area contributed by atoms with Crippen LogP contribution in [0.2, 0.25) is 5.02 Å². The van der Waals surface area contributed by atoms with Crippen molar-refractivity contribution in [2.24, 2.45) is 0 Å². The molecule has 1 heterocycles. The van der Waals surface area contributed by atoms with Crippen LogP contribution in [0.25, 0.3) is 0 Å². The molecule has 0 aliphatic carbocycles. The van der Waals surface area contributed by atoms with E-state index in [0.29, 0.717) is 10.6 Å². The lowest BCUT2D eigenvalue weighted by atomic mass is 10.2. The maximum absolute atomic E-state index is 12.0. The Morgan fingerprint density at radius 2 is 2.12 bits per heavy atom. The van der Waals surface area contributed by atoms with Crippen LogP contribution < -0.4 is 4.72 Å². The number of sulfonamides is 1. The zero-order valence-corrected chi connectivity index (χ0v) is 10.4. The molecule has 0 radical (unpaired) electrons. The number of rotatable bonds is 3. The van der Waals surface area contributed by atoms with Crippen molar-refractivity contribution in [3.8, 4) is 0 Å². The van der Waals surface area contributed by atoms with E-state index in [4.69, 9.17) is 11.6 Å². The van der Waals surface area contributed by atoms with Gasteiger partial charge in [0, 0.05) is 11.1 Å². The Kier molecular flexibility index (Phi) is 3.08. The molecule has 0 bridgehead atoms. The van der Waals surface area contributed by atoms with Crippen molar-refractivity contribution >= 4 is 27.4 Å². The third-order valence-corrected chi connectivity index (χ3v) is 3.85. The van der Waals surface area contributed by atoms with E-state index in [0.717, 1.165) is 0 Å². The number of hydrogen-bond acceptors (Lipinski definition) is 4. The molecule has 90 valence electrons. The second-order valence-corrected chi connectivity index (χ2v) is 5.49. The fraction of sp³-hybridized carbons (Fsp3) is 0.100. The van der Waals surface area contributed by atoms with Crippen molar-refractivity contribution in [1.29, 1.82) is 0 Å². The number of aryl methyl sites for hydroxylation is 1. The Balaban J connectivity index is 2.38. The molecule has 2 rings (SSSR count). The maximum Gasteiger partial charge on any atom is 0.263 e. The van der Waals surface area contributed by atoms with Crippen molar-refractivity contribution in [2.45, 2.75) is 11.8 Å². The summed E-state index contributed by atoms with van der Waals surface area (Å²) in [4.78, 5) is 0.157. The molecule has 0 atom stereocenters. The van der Waals surface area contributed by atoms with Crippen LogP contribution in [-0.2, 0) is 10.0 Å². The van der Waals surface area contributed by atoms with Gasteiger partial charge in [-0.2, -0.15) is 0 Å². The second kappa shape index (κ2) is 4.38. The van der Waals surface area contributed by atoms with Crippen LogP contribution in [0.1, 0.15) is 5.56 Å². The van der Waals surface area contributed by atoms with Gasteiger partial charge in [0.25, 0.3) is 10.0 Å². The smallest absolute Gasteiger partial charge is 0.263 e. The van der Waals surface area contributed by atoms with Crippen LogP contribution in [0.3, 0.4) is 0 Å². The first kappa shape index (κ1) is 11.9. The normalized spacial score (nSPS) is 11.4. The molecule has 0 aliphatic rings. The summed E-state index contributed by atoms with van der Waals surface area (Å²) in [5.74, 6) is 0.138. The number of aromatic nitrogens is 1. The zero-order valence-electron chi connectivity index (χ0n) is 8.84. The number of nitrogens with zero attached hydrogens (tertiary/aromatic N) is 1. The quantitative estimate of drug-likeness (QED) is 0.931. The van der Waals surface area contributed by atoms with E-state index >= 15 is 0 Å². The molecular formula is C10H9ClN2O3S. The molecule has 5 nitrogen and oxygen atoms in total. The van der Waals surface area contributed by atoms with Crippen molar-refractivity contribution in [1.82, 2.24) is 5.16 Å². The molecular weight excluding hydrogens is 264 g/mol. The van der Waals surface area contributed by atoms with Gasteiger partial charge < -0.3 is 4.52 Å². The van der Waals surface area contributed by atoms with Gasteiger partial charge in [-0.25, -0.2) is 8.42 Å². The van der Waals surface area contributed by atoms with Gasteiger partial charge in [0.15, 0.2) is 5.82 Å². The molecule has 0 fully saturated rings. The molecule has 7 heteroatoms. The fourth-order valence-corrected chi connectivity index (χ4v) is 2.82. The van der Waals surface area contributed by atoms with Gasteiger partial charge in [0.1, 0.15) is 6.26 Å². The summed E-state index contributed by atoms with van der Waals surface area (Å²) in [6.07, 6.45) is 1.28. The van der Waals surface area contributed by atoms with E-state index < -0.39 is 10.0 Å². The molecule has 0 amide bonds. The Bertz CT molecular complexity index is 623. The van der Waals surface area contributed by atoms with Crippen LogP contribution >= 0.6 is 11.6 Å². The summed E-state index contributed by atoms with van der Waals surface area (Å²) in [5, 5.41) is 3.97. The minimum Gasteiger partial charge on any atom is -0.363 e. The van der Waals surface area contributed by atoms with Gasteiger partial charge in [-0.05, 0) is 30.7 Å². The lowest BCUT2D eigenvalue weighted by molar-refractivity contribution is 0.423. The molecule has 1 aromatic heterocycles. The maximum atomic E-state index is 12.0. The lowest BCUT2D eigenvalue weighted by Gasteiger charge is -2.07. The minimum absolute atomic E-state index is 0.138. The number of hydrogen-bond donors (Lipinski definition) is 1.